The van der Waals surface area contributed by atoms with E-state index in [-0.39, 0.29) is 5.41 Å². The van der Waals surface area contributed by atoms with Crippen LogP contribution in [-0.4, -0.2) is 0 Å². The van der Waals surface area contributed by atoms with Crippen molar-refractivity contribution in [3.05, 3.63) is 163 Å². The molecule has 0 saturated carbocycles. The highest BCUT2D eigenvalue weighted by molar-refractivity contribution is 7.26. The van der Waals surface area contributed by atoms with E-state index in [0.717, 1.165) is 5.69 Å². The van der Waals surface area contributed by atoms with E-state index in [9.17, 15) is 0 Å². The van der Waals surface area contributed by atoms with Crippen molar-refractivity contribution in [2.75, 3.05) is 4.90 Å². The highest BCUT2D eigenvalue weighted by atomic mass is 32.1. The van der Waals surface area contributed by atoms with Crippen molar-refractivity contribution in [2.24, 2.45) is 0 Å². The van der Waals surface area contributed by atoms with Crippen LogP contribution in [0.25, 0.3) is 53.2 Å². The number of hydrogen-bond donors (Lipinski definition) is 0. The average Bonchev–Trinajstić information content (AvgIpc) is 3.59. The molecule has 0 radical (unpaired) electrons. The third-order valence-electron chi connectivity index (χ3n) is 9.60. The molecule has 0 unspecified atom stereocenters. The summed E-state index contributed by atoms with van der Waals surface area (Å²) >= 11 is 1.87. The topological polar surface area (TPSA) is 3.24 Å². The van der Waals surface area contributed by atoms with Gasteiger partial charge in [0.25, 0.3) is 0 Å². The van der Waals surface area contributed by atoms with Gasteiger partial charge in [0.2, 0.25) is 0 Å². The van der Waals surface area contributed by atoms with Crippen LogP contribution in [0.15, 0.2) is 152 Å². The molecule has 214 valence electrons. The van der Waals surface area contributed by atoms with Crippen LogP contribution in [0.1, 0.15) is 25.0 Å². The minimum absolute atomic E-state index is 0.139. The Morgan fingerprint density at radius 2 is 1.22 bits per heavy atom. The SMILES string of the molecule is CC1(C)c2ccccc2-c2c(N(c3cccc(-c4ccccc4)c3)c3cccc4sc5ccccc5c34)cc3ccccc3c21. The standard InChI is InChI=1S/C43H31NS/c1-43(2)35-22-10-8-20-33(35)41-37(27-30-16-6-7-19-32(30)42(41)43)44(31-18-12-17-29(26-31)28-14-4-3-5-15-28)36-23-13-25-39-40(36)34-21-9-11-24-38(34)45-39/h3-27H,1-2H3. The molecule has 8 aromatic rings. The van der Waals surface area contributed by atoms with Crippen LogP contribution in [0.2, 0.25) is 0 Å². The van der Waals surface area contributed by atoms with Gasteiger partial charge in [0, 0.05) is 36.8 Å². The Bertz CT molecular complexity index is 2410. The van der Waals surface area contributed by atoms with Gasteiger partial charge < -0.3 is 4.90 Å². The molecule has 1 aliphatic carbocycles. The van der Waals surface area contributed by atoms with E-state index in [2.05, 4.69) is 170 Å². The molecular formula is C43H31NS. The fraction of sp³-hybridized carbons (Fsp3) is 0.0698. The van der Waals surface area contributed by atoms with Gasteiger partial charge in [0.05, 0.1) is 11.4 Å². The summed E-state index contributed by atoms with van der Waals surface area (Å²) in [4.78, 5) is 2.54. The highest BCUT2D eigenvalue weighted by Gasteiger charge is 2.39. The lowest BCUT2D eigenvalue weighted by Crippen LogP contribution is -2.17. The van der Waals surface area contributed by atoms with E-state index in [1.165, 1.54) is 75.7 Å². The van der Waals surface area contributed by atoms with Crippen LogP contribution in [0.5, 0.6) is 0 Å². The van der Waals surface area contributed by atoms with Gasteiger partial charge in [-0.05, 0) is 75.0 Å². The second-order valence-electron chi connectivity index (χ2n) is 12.5. The first-order chi connectivity index (χ1) is 22.1. The largest absolute Gasteiger partial charge is 0.309 e. The summed E-state index contributed by atoms with van der Waals surface area (Å²) in [6, 6.07) is 55.8. The van der Waals surface area contributed by atoms with Crippen LogP contribution in [0, 0.1) is 0 Å². The first-order valence-electron chi connectivity index (χ1n) is 15.6. The number of benzene rings is 7. The van der Waals surface area contributed by atoms with Gasteiger partial charge in [-0.25, -0.2) is 0 Å². The number of anilines is 3. The van der Waals surface area contributed by atoms with Crippen molar-refractivity contribution in [3.63, 3.8) is 0 Å². The predicted octanol–water partition coefficient (Wildman–Crippen LogP) is 12.7. The molecule has 0 amide bonds. The summed E-state index contributed by atoms with van der Waals surface area (Å²) in [7, 11) is 0. The second-order valence-corrected chi connectivity index (χ2v) is 13.6. The normalized spacial score (nSPS) is 13.3. The van der Waals surface area contributed by atoms with E-state index >= 15 is 0 Å². The third-order valence-corrected chi connectivity index (χ3v) is 10.7. The molecule has 0 atom stereocenters. The molecular weight excluding hydrogens is 563 g/mol. The maximum Gasteiger partial charge on any atom is 0.0555 e. The molecule has 0 fully saturated rings. The fourth-order valence-electron chi connectivity index (χ4n) is 7.62. The quantitative estimate of drug-likeness (QED) is 0.196. The van der Waals surface area contributed by atoms with Crippen LogP contribution in [0.4, 0.5) is 17.1 Å². The van der Waals surface area contributed by atoms with Crippen molar-refractivity contribution < 1.29 is 0 Å². The molecule has 2 heteroatoms. The van der Waals surface area contributed by atoms with Gasteiger partial charge in [0.15, 0.2) is 0 Å². The van der Waals surface area contributed by atoms with Crippen LogP contribution >= 0.6 is 11.3 Å². The van der Waals surface area contributed by atoms with E-state index < -0.39 is 0 Å². The van der Waals surface area contributed by atoms with Crippen molar-refractivity contribution in [3.8, 4) is 22.3 Å². The van der Waals surface area contributed by atoms with Gasteiger partial charge >= 0.3 is 0 Å². The maximum atomic E-state index is 2.54. The van der Waals surface area contributed by atoms with Crippen molar-refractivity contribution >= 4 is 59.3 Å². The van der Waals surface area contributed by atoms with E-state index in [0.29, 0.717) is 0 Å². The van der Waals surface area contributed by atoms with Crippen LogP contribution in [-0.2, 0) is 5.41 Å². The molecule has 0 saturated heterocycles. The Morgan fingerprint density at radius 1 is 0.533 bits per heavy atom. The molecule has 0 N–H and O–H groups in total. The van der Waals surface area contributed by atoms with E-state index in [1.807, 2.05) is 11.3 Å². The smallest absolute Gasteiger partial charge is 0.0555 e. The minimum Gasteiger partial charge on any atom is -0.309 e. The van der Waals surface area contributed by atoms with Crippen molar-refractivity contribution in [2.45, 2.75) is 19.3 Å². The monoisotopic (exact) mass is 593 g/mol. The molecule has 0 spiro atoms. The van der Waals surface area contributed by atoms with Crippen molar-refractivity contribution in [1.29, 1.82) is 0 Å². The molecule has 1 aliphatic rings. The summed E-state index contributed by atoms with van der Waals surface area (Å²) in [6.45, 7) is 4.78. The summed E-state index contributed by atoms with van der Waals surface area (Å²) in [5.41, 5.74) is 11.3. The van der Waals surface area contributed by atoms with E-state index in [4.69, 9.17) is 0 Å². The molecule has 1 nitrogen and oxygen atoms in total. The Hall–Kier alpha value is -5.18. The Balaban J connectivity index is 1.43. The van der Waals surface area contributed by atoms with Gasteiger partial charge in [-0.2, -0.15) is 0 Å². The first-order valence-corrected chi connectivity index (χ1v) is 16.4. The number of hydrogen-bond acceptors (Lipinski definition) is 2. The summed E-state index contributed by atoms with van der Waals surface area (Å²) in [5, 5.41) is 5.19. The third kappa shape index (κ3) is 3.92. The predicted molar refractivity (Wildman–Crippen MR) is 195 cm³/mol. The lowest BCUT2D eigenvalue weighted by atomic mass is 9.80. The summed E-state index contributed by atoms with van der Waals surface area (Å²) in [5.74, 6) is 0. The molecule has 45 heavy (non-hydrogen) atoms. The molecule has 0 bridgehead atoms. The van der Waals surface area contributed by atoms with Gasteiger partial charge in [0.1, 0.15) is 0 Å². The lowest BCUT2D eigenvalue weighted by molar-refractivity contribution is 0.666. The highest BCUT2D eigenvalue weighted by Crippen LogP contribution is 2.57. The first kappa shape index (κ1) is 26.2. The van der Waals surface area contributed by atoms with Crippen LogP contribution in [0.3, 0.4) is 0 Å². The number of rotatable bonds is 4. The molecule has 1 aromatic heterocycles. The zero-order chi connectivity index (χ0) is 30.1. The number of fused-ring (bicyclic) bond motifs is 8. The van der Waals surface area contributed by atoms with Crippen molar-refractivity contribution in [1.82, 2.24) is 0 Å². The van der Waals surface area contributed by atoms with E-state index in [1.54, 1.807) is 0 Å². The molecule has 9 rings (SSSR count). The molecule has 7 aromatic carbocycles. The fourth-order valence-corrected chi connectivity index (χ4v) is 8.74. The number of nitrogens with zero attached hydrogens (tertiary/aromatic N) is 1. The van der Waals surface area contributed by atoms with Gasteiger partial charge in [-0.15, -0.1) is 11.3 Å². The molecule has 1 heterocycles. The minimum atomic E-state index is -0.139. The molecule has 0 aliphatic heterocycles. The lowest BCUT2D eigenvalue weighted by Gasteiger charge is -2.31. The van der Waals surface area contributed by atoms with Gasteiger partial charge in [-0.3, -0.25) is 0 Å². The average molecular weight is 594 g/mol. The maximum absolute atomic E-state index is 2.54. The summed E-state index contributed by atoms with van der Waals surface area (Å²) in [6.07, 6.45) is 0. The zero-order valence-electron chi connectivity index (χ0n) is 25.3. The second kappa shape index (κ2) is 9.92. The zero-order valence-corrected chi connectivity index (χ0v) is 26.1. The Morgan fingerprint density at radius 3 is 2.11 bits per heavy atom. The Labute approximate surface area is 267 Å². The summed E-state index contributed by atoms with van der Waals surface area (Å²) < 4.78 is 2.62. The number of thiophene rings is 1. The van der Waals surface area contributed by atoms with Gasteiger partial charge in [-0.1, -0.05) is 129 Å². The Kier molecular flexibility index (Phi) is 5.78. The van der Waals surface area contributed by atoms with Crippen LogP contribution < -0.4 is 4.90 Å².